The van der Waals surface area contributed by atoms with Crippen LogP contribution in [0.3, 0.4) is 0 Å². The predicted molar refractivity (Wildman–Crippen MR) is 87.0 cm³/mol. The van der Waals surface area contributed by atoms with Crippen LogP contribution in [-0.2, 0) is 4.79 Å². The molecule has 1 saturated carbocycles. The second kappa shape index (κ2) is 6.66. The zero-order chi connectivity index (χ0) is 15.6. The Balaban J connectivity index is 2.14. The molecular weight excluding hydrogens is 262 g/mol. The lowest BCUT2D eigenvalue weighted by molar-refractivity contribution is -0.127. The molecule has 0 radical (unpaired) electrons. The minimum atomic E-state index is -0.485. The van der Waals surface area contributed by atoms with Gasteiger partial charge in [-0.05, 0) is 57.4 Å². The molecule has 0 aromatic heterocycles. The fourth-order valence-electron chi connectivity index (χ4n) is 4.58. The van der Waals surface area contributed by atoms with Crippen LogP contribution in [0, 0.1) is 11.8 Å². The second-order valence-electron chi connectivity index (χ2n) is 7.48. The van der Waals surface area contributed by atoms with Crippen LogP contribution in [-0.4, -0.2) is 41.5 Å². The molecular formula is C17H33N3O. The Hall–Kier alpha value is -0.610. The summed E-state index contributed by atoms with van der Waals surface area (Å²) < 4.78 is 0. The van der Waals surface area contributed by atoms with E-state index in [9.17, 15) is 4.79 Å². The topological polar surface area (TPSA) is 58.4 Å². The quantitative estimate of drug-likeness (QED) is 0.835. The lowest BCUT2D eigenvalue weighted by Crippen LogP contribution is -2.62. The van der Waals surface area contributed by atoms with Gasteiger partial charge in [-0.2, -0.15) is 0 Å². The van der Waals surface area contributed by atoms with Crippen LogP contribution in [0.5, 0.6) is 0 Å². The summed E-state index contributed by atoms with van der Waals surface area (Å²) in [4.78, 5) is 14.7. The molecule has 1 aliphatic heterocycles. The van der Waals surface area contributed by atoms with Gasteiger partial charge in [-0.15, -0.1) is 0 Å². The summed E-state index contributed by atoms with van der Waals surface area (Å²) in [6, 6.07) is 1.10. The number of nitrogens with zero attached hydrogens (tertiary/aromatic N) is 1. The minimum Gasteiger partial charge on any atom is -0.368 e. The summed E-state index contributed by atoms with van der Waals surface area (Å²) in [6.45, 7) is 11.1. The van der Waals surface area contributed by atoms with E-state index in [-0.39, 0.29) is 5.91 Å². The van der Waals surface area contributed by atoms with E-state index in [4.69, 9.17) is 5.73 Å². The maximum absolute atomic E-state index is 12.0. The van der Waals surface area contributed by atoms with Gasteiger partial charge in [-0.3, -0.25) is 9.69 Å². The SMILES string of the molecule is CCNC1(C(N)=O)CCCC(N2CC(C)CC(C)C2C)C1. The molecule has 21 heavy (non-hydrogen) atoms. The summed E-state index contributed by atoms with van der Waals surface area (Å²) >= 11 is 0. The Labute approximate surface area is 129 Å². The predicted octanol–water partition coefficient (Wildman–Crippen LogP) is 2.13. The third kappa shape index (κ3) is 3.42. The molecule has 4 heteroatoms. The molecule has 4 nitrogen and oxygen atoms in total. The lowest BCUT2D eigenvalue weighted by atomic mass is 9.75. The first-order valence-electron chi connectivity index (χ1n) is 8.70. The molecule has 5 atom stereocenters. The van der Waals surface area contributed by atoms with E-state index in [1.165, 1.54) is 12.8 Å². The van der Waals surface area contributed by atoms with Gasteiger partial charge in [0.05, 0.1) is 5.54 Å². The van der Waals surface area contributed by atoms with Crippen molar-refractivity contribution in [1.82, 2.24) is 10.2 Å². The van der Waals surface area contributed by atoms with Crippen molar-refractivity contribution in [2.24, 2.45) is 17.6 Å². The lowest BCUT2D eigenvalue weighted by Gasteiger charge is -2.50. The molecule has 0 aromatic carbocycles. The van der Waals surface area contributed by atoms with Crippen molar-refractivity contribution in [3.8, 4) is 0 Å². The van der Waals surface area contributed by atoms with Crippen molar-refractivity contribution in [2.75, 3.05) is 13.1 Å². The highest BCUT2D eigenvalue weighted by Gasteiger charge is 2.44. The van der Waals surface area contributed by atoms with Crippen molar-refractivity contribution in [2.45, 2.75) is 77.4 Å². The molecule has 2 aliphatic rings. The Morgan fingerprint density at radius 2 is 2.10 bits per heavy atom. The number of primary amides is 1. The maximum Gasteiger partial charge on any atom is 0.237 e. The zero-order valence-electron chi connectivity index (χ0n) is 14.2. The van der Waals surface area contributed by atoms with Crippen molar-refractivity contribution < 1.29 is 4.79 Å². The maximum atomic E-state index is 12.0. The van der Waals surface area contributed by atoms with Crippen LogP contribution in [0.4, 0.5) is 0 Å². The van der Waals surface area contributed by atoms with Gasteiger partial charge < -0.3 is 11.1 Å². The highest BCUT2D eigenvalue weighted by Crippen LogP contribution is 2.36. The van der Waals surface area contributed by atoms with E-state index in [2.05, 4.69) is 37.9 Å². The average molecular weight is 295 g/mol. The van der Waals surface area contributed by atoms with Gasteiger partial charge in [0.15, 0.2) is 0 Å². The first-order chi connectivity index (χ1) is 9.89. The van der Waals surface area contributed by atoms with Gasteiger partial charge in [0, 0.05) is 18.6 Å². The monoisotopic (exact) mass is 295 g/mol. The molecule has 0 aromatic rings. The first-order valence-corrected chi connectivity index (χ1v) is 8.70. The molecule has 1 heterocycles. The number of rotatable bonds is 4. The van der Waals surface area contributed by atoms with Gasteiger partial charge in [0.25, 0.3) is 0 Å². The van der Waals surface area contributed by atoms with Gasteiger partial charge >= 0.3 is 0 Å². The number of nitrogens with one attached hydrogen (secondary N) is 1. The van der Waals surface area contributed by atoms with E-state index in [1.807, 2.05) is 0 Å². The molecule has 1 aliphatic carbocycles. The number of likely N-dealkylation sites (tertiary alicyclic amines) is 1. The number of likely N-dealkylation sites (N-methyl/N-ethyl adjacent to an activating group) is 1. The number of hydrogen-bond donors (Lipinski definition) is 2. The molecule has 2 fully saturated rings. The van der Waals surface area contributed by atoms with Crippen LogP contribution in [0.2, 0.25) is 0 Å². The number of carbonyl (C=O) groups excluding carboxylic acids is 1. The van der Waals surface area contributed by atoms with Crippen LogP contribution < -0.4 is 11.1 Å². The van der Waals surface area contributed by atoms with E-state index < -0.39 is 5.54 Å². The van der Waals surface area contributed by atoms with Crippen LogP contribution in [0.1, 0.15) is 59.8 Å². The normalized spacial score (nSPS) is 41.9. The number of nitrogens with two attached hydrogens (primary N) is 1. The molecule has 5 unspecified atom stereocenters. The van der Waals surface area contributed by atoms with Gasteiger partial charge in [0.1, 0.15) is 0 Å². The molecule has 0 bridgehead atoms. The first kappa shape index (κ1) is 16.8. The summed E-state index contributed by atoms with van der Waals surface area (Å²) in [5.74, 6) is 1.32. The van der Waals surface area contributed by atoms with Crippen LogP contribution in [0.25, 0.3) is 0 Å². The Bertz CT molecular complexity index is 369. The standard InChI is InChI=1S/C17H33N3O/c1-5-19-17(16(18)21)8-6-7-15(10-17)20-11-12(2)9-13(3)14(20)4/h12-15,19H,5-11H2,1-4H3,(H2,18,21). The summed E-state index contributed by atoms with van der Waals surface area (Å²) in [5, 5.41) is 3.40. The molecule has 122 valence electrons. The number of amides is 1. The third-order valence-electron chi connectivity index (χ3n) is 5.82. The Kier molecular flexibility index (Phi) is 5.31. The van der Waals surface area contributed by atoms with Crippen molar-refractivity contribution in [1.29, 1.82) is 0 Å². The summed E-state index contributed by atoms with van der Waals surface area (Å²) in [7, 11) is 0. The average Bonchev–Trinajstić information content (AvgIpc) is 2.43. The summed E-state index contributed by atoms with van der Waals surface area (Å²) in [5.41, 5.74) is 5.26. The van der Waals surface area contributed by atoms with Crippen LogP contribution >= 0.6 is 0 Å². The van der Waals surface area contributed by atoms with Crippen LogP contribution in [0.15, 0.2) is 0 Å². The van der Waals surface area contributed by atoms with E-state index in [1.54, 1.807) is 0 Å². The van der Waals surface area contributed by atoms with Crippen molar-refractivity contribution in [3.05, 3.63) is 0 Å². The van der Waals surface area contributed by atoms with Gasteiger partial charge in [-0.25, -0.2) is 0 Å². The highest BCUT2D eigenvalue weighted by atomic mass is 16.1. The largest absolute Gasteiger partial charge is 0.368 e. The van der Waals surface area contributed by atoms with Gasteiger partial charge in [-0.1, -0.05) is 20.8 Å². The molecule has 2 rings (SSSR count). The Morgan fingerprint density at radius 1 is 1.38 bits per heavy atom. The van der Waals surface area contributed by atoms with Crippen molar-refractivity contribution in [3.63, 3.8) is 0 Å². The van der Waals surface area contributed by atoms with Gasteiger partial charge in [0.2, 0.25) is 5.91 Å². The highest BCUT2D eigenvalue weighted by molar-refractivity contribution is 5.84. The van der Waals surface area contributed by atoms with E-state index in [0.717, 1.165) is 44.2 Å². The molecule has 3 N–H and O–H groups in total. The number of hydrogen-bond acceptors (Lipinski definition) is 3. The molecule has 1 amide bonds. The Morgan fingerprint density at radius 3 is 2.71 bits per heavy atom. The molecule has 0 spiro atoms. The number of piperidine rings is 1. The van der Waals surface area contributed by atoms with Crippen molar-refractivity contribution >= 4 is 5.91 Å². The zero-order valence-corrected chi connectivity index (χ0v) is 14.2. The van der Waals surface area contributed by atoms with E-state index >= 15 is 0 Å². The number of carbonyl (C=O) groups is 1. The minimum absolute atomic E-state index is 0.167. The fraction of sp³-hybridized carbons (Fsp3) is 0.941. The summed E-state index contributed by atoms with van der Waals surface area (Å²) in [6.07, 6.45) is 5.37. The second-order valence-corrected chi connectivity index (χ2v) is 7.48. The fourth-order valence-corrected chi connectivity index (χ4v) is 4.58. The third-order valence-corrected chi connectivity index (χ3v) is 5.82. The molecule has 1 saturated heterocycles. The van der Waals surface area contributed by atoms with E-state index in [0.29, 0.717) is 12.1 Å². The smallest absolute Gasteiger partial charge is 0.237 e.